The molecule has 0 heterocycles. The van der Waals surface area contributed by atoms with Gasteiger partial charge in [0.2, 0.25) is 0 Å². The van der Waals surface area contributed by atoms with Gasteiger partial charge in [-0.25, -0.2) is 4.39 Å². The summed E-state index contributed by atoms with van der Waals surface area (Å²) in [6.07, 6.45) is 1.28. The molecule has 1 aliphatic carbocycles. The Bertz CT molecular complexity index is 691. The predicted octanol–water partition coefficient (Wildman–Crippen LogP) is 4.58. The summed E-state index contributed by atoms with van der Waals surface area (Å²) in [6, 6.07) is 8.72. The topological polar surface area (TPSA) is 17.1 Å². The summed E-state index contributed by atoms with van der Waals surface area (Å²) >= 11 is 6.15. The Hall–Kier alpha value is -1.67. The molecule has 96 valence electrons. The summed E-state index contributed by atoms with van der Waals surface area (Å²) < 4.78 is 13.5. The van der Waals surface area contributed by atoms with Crippen molar-refractivity contribution in [2.24, 2.45) is 0 Å². The lowest BCUT2D eigenvalue weighted by molar-refractivity contribution is 0.0994. The Morgan fingerprint density at radius 2 is 1.84 bits per heavy atom. The minimum absolute atomic E-state index is 0.173. The third-order valence-electron chi connectivity index (χ3n) is 3.62. The van der Waals surface area contributed by atoms with Gasteiger partial charge >= 0.3 is 0 Å². The Balaban J connectivity index is 2.24. The van der Waals surface area contributed by atoms with Crippen molar-refractivity contribution in [3.8, 4) is 11.1 Å². The number of ketones is 1. The highest BCUT2D eigenvalue weighted by molar-refractivity contribution is 6.33. The second-order valence-corrected chi connectivity index (χ2v) is 5.24. The zero-order valence-electron chi connectivity index (χ0n) is 10.5. The smallest absolute Gasteiger partial charge is 0.163 e. The molecule has 0 saturated heterocycles. The quantitative estimate of drug-likeness (QED) is 0.744. The Labute approximate surface area is 116 Å². The van der Waals surface area contributed by atoms with Crippen LogP contribution < -0.4 is 0 Å². The molecule has 1 aliphatic rings. The first-order valence-electron chi connectivity index (χ1n) is 6.19. The normalized spacial score (nSPS) is 13.7. The van der Waals surface area contributed by atoms with Crippen LogP contribution in [0.25, 0.3) is 11.1 Å². The van der Waals surface area contributed by atoms with Crippen LogP contribution >= 0.6 is 11.6 Å². The number of halogens is 2. The predicted molar refractivity (Wildman–Crippen MR) is 74.2 cm³/mol. The number of carbonyl (C=O) groups excluding carboxylic acids is 1. The van der Waals surface area contributed by atoms with E-state index in [2.05, 4.69) is 0 Å². The van der Waals surface area contributed by atoms with Gasteiger partial charge in [0, 0.05) is 17.5 Å². The van der Waals surface area contributed by atoms with Crippen LogP contribution in [0.1, 0.15) is 27.9 Å². The summed E-state index contributed by atoms with van der Waals surface area (Å²) in [6.45, 7) is 1.71. The highest BCUT2D eigenvalue weighted by Gasteiger charge is 2.23. The van der Waals surface area contributed by atoms with Crippen LogP contribution in [0.15, 0.2) is 30.3 Å². The highest BCUT2D eigenvalue weighted by Crippen LogP contribution is 2.36. The molecule has 0 fully saturated rings. The molecule has 0 aromatic heterocycles. The van der Waals surface area contributed by atoms with E-state index in [1.807, 2.05) is 18.2 Å². The van der Waals surface area contributed by atoms with Crippen LogP contribution in [0.3, 0.4) is 0 Å². The number of aryl methyl sites for hydroxylation is 1. The minimum atomic E-state index is -0.308. The number of carbonyl (C=O) groups is 1. The maximum Gasteiger partial charge on any atom is 0.163 e. The summed E-state index contributed by atoms with van der Waals surface area (Å²) in [7, 11) is 0. The van der Waals surface area contributed by atoms with Crippen molar-refractivity contribution in [3.05, 3.63) is 57.9 Å². The highest BCUT2D eigenvalue weighted by atomic mass is 35.5. The molecule has 0 aliphatic heterocycles. The maximum absolute atomic E-state index is 13.5. The van der Waals surface area contributed by atoms with Gasteiger partial charge in [-0.1, -0.05) is 29.8 Å². The molecular weight excluding hydrogens is 263 g/mol. The van der Waals surface area contributed by atoms with Gasteiger partial charge in [0.1, 0.15) is 5.82 Å². The van der Waals surface area contributed by atoms with E-state index in [1.54, 1.807) is 13.0 Å². The molecule has 0 spiro atoms. The molecule has 1 nitrogen and oxygen atoms in total. The molecule has 0 bridgehead atoms. The summed E-state index contributed by atoms with van der Waals surface area (Å²) in [4.78, 5) is 11.8. The third kappa shape index (κ3) is 1.96. The van der Waals surface area contributed by atoms with Crippen molar-refractivity contribution in [1.82, 2.24) is 0 Å². The molecule has 0 atom stereocenters. The fraction of sp³-hybridized carbons (Fsp3) is 0.188. The number of hydrogen-bond donors (Lipinski definition) is 0. The van der Waals surface area contributed by atoms with Gasteiger partial charge < -0.3 is 0 Å². The van der Waals surface area contributed by atoms with Gasteiger partial charge in [0.05, 0.1) is 5.02 Å². The molecule has 3 heteroatoms. The number of rotatable bonds is 1. The summed E-state index contributed by atoms with van der Waals surface area (Å²) in [5, 5.41) is 0.385. The molecule has 0 radical (unpaired) electrons. The van der Waals surface area contributed by atoms with Crippen LogP contribution in [-0.2, 0) is 6.42 Å². The Morgan fingerprint density at radius 3 is 2.63 bits per heavy atom. The van der Waals surface area contributed by atoms with E-state index in [-0.39, 0.29) is 11.6 Å². The van der Waals surface area contributed by atoms with Crippen molar-refractivity contribution >= 4 is 17.4 Å². The van der Waals surface area contributed by atoms with Gasteiger partial charge in [0.25, 0.3) is 0 Å². The standard InChI is InChI=1S/C16H12ClFO/c1-9-7-13(14(17)8-15(9)18)10-3-2-4-12-11(10)5-6-16(12)19/h2-4,7-8H,5-6H2,1H3. The van der Waals surface area contributed by atoms with Crippen LogP contribution in [0, 0.1) is 12.7 Å². The van der Waals surface area contributed by atoms with E-state index in [1.165, 1.54) is 6.07 Å². The Kier molecular flexibility index (Phi) is 2.90. The number of fused-ring (bicyclic) bond motifs is 1. The molecule has 3 rings (SSSR count). The van der Waals surface area contributed by atoms with E-state index in [9.17, 15) is 9.18 Å². The second kappa shape index (κ2) is 4.46. The molecular formula is C16H12ClFO. The van der Waals surface area contributed by atoms with Crippen LogP contribution in [0.2, 0.25) is 5.02 Å². The largest absolute Gasteiger partial charge is 0.294 e. The van der Waals surface area contributed by atoms with E-state index >= 15 is 0 Å². The average molecular weight is 275 g/mol. The summed E-state index contributed by atoms with van der Waals surface area (Å²) in [5.74, 6) is -0.135. The van der Waals surface area contributed by atoms with Crippen molar-refractivity contribution < 1.29 is 9.18 Å². The first-order chi connectivity index (χ1) is 9.08. The van der Waals surface area contributed by atoms with Crippen LogP contribution in [0.4, 0.5) is 4.39 Å². The average Bonchev–Trinajstić information content (AvgIpc) is 2.76. The van der Waals surface area contributed by atoms with E-state index in [0.29, 0.717) is 17.0 Å². The van der Waals surface area contributed by atoms with Crippen molar-refractivity contribution in [2.45, 2.75) is 19.8 Å². The van der Waals surface area contributed by atoms with Gasteiger partial charge in [-0.15, -0.1) is 0 Å². The van der Waals surface area contributed by atoms with Crippen LogP contribution in [-0.4, -0.2) is 5.78 Å². The second-order valence-electron chi connectivity index (χ2n) is 4.84. The first-order valence-corrected chi connectivity index (χ1v) is 6.57. The van der Waals surface area contributed by atoms with E-state index in [0.717, 1.165) is 28.7 Å². The first kappa shape index (κ1) is 12.4. The van der Waals surface area contributed by atoms with Crippen molar-refractivity contribution in [2.75, 3.05) is 0 Å². The molecule has 2 aromatic carbocycles. The molecule has 0 amide bonds. The SMILES string of the molecule is Cc1cc(-c2cccc3c2CCC3=O)c(Cl)cc1F. The van der Waals surface area contributed by atoms with E-state index < -0.39 is 0 Å². The van der Waals surface area contributed by atoms with Gasteiger partial charge in [-0.05, 0) is 42.2 Å². The Morgan fingerprint density at radius 1 is 1.11 bits per heavy atom. The number of hydrogen-bond acceptors (Lipinski definition) is 1. The lowest BCUT2D eigenvalue weighted by atomic mass is 9.95. The van der Waals surface area contributed by atoms with E-state index in [4.69, 9.17) is 11.6 Å². The minimum Gasteiger partial charge on any atom is -0.294 e. The van der Waals surface area contributed by atoms with Crippen molar-refractivity contribution in [1.29, 1.82) is 0 Å². The molecule has 0 N–H and O–H groups in total. The monoisotopic (exact) mass is 274 g/mol. The molecule has 2 aromatic rings. The fourth-order valence-electron chi connectivity index (χ4n) is 2.61. The zero-order chi connectivity index (χ0) is 13.6. The van der Waals surface area contributed by atoms with Crippen LogP contribution in [0.5, 0.6) is 0 Å². The van der Waals surface area contributed by atoms with Crippen molar-refractivity contribution in [3.63, 3.8) is 0 Å². The van der Waals surface area contributed by atoms with Gasteiger partial charge in [-0.2, -0.15) is 0 Å². The number of benzene rings is 2. The maximum atomic E-state index is 13.5. The zero-order valence-corrected chi connectivity index (χ0v) is 11.2. The fourth-order valence-corrected chi connectivity index (χ4v) is 2.86. The lowest BCUT2D eigenvalue weighted by Gasteiger charge is -2.11. The van der Waals surface area contributed by atoms with Gasteiger partial charge in [0.15, 0.2) is 5.78 Å². The number of Topliss-reactive ketones (excluding diaryl/α,β-unsaturated/α-hetero) is 1. The third-order valence-corrected chi connectivity index (χ3v) is 3.93. The lowest BCUT2D eigenvalue weighted by Crippen LogP contribution is -1.94. The molecule has 19 heavy (non-hydrogen) atoms. The summed E-state index contributed by atoms with van der Waals surface area (Å²) in [5.41, 5.74) is 4.10. The molecule has 0 unspecified atom stereocenters. The molecule has 0 saturated carbocycles. The van der Waals surface area contributed by atoms with Gasteiger partial charge in [-0.3, -0.25) is 4.79 Å².